The van der Waals surface area contributed by atoms with Crippen molar-refractivity contribution in [3.63, 3.8) is 0 Å². The van der Waals surface area contributed by atoms with Gasteiger partial charge in [0.1, 0.15) is 0 Å². The highest BCUT2D eigenvalue weighted by atomic mass is 35.5. The summed E-state index contributed by atoms with van der Waals surface area (Å²) in [5.74, 6) is -0.0674. The van der Waals surface area contributed by atoms with Gasteiger partial charge in [-0.25, -0.2) is 0 Å². The molecule has 1 amide bonds. The van der Waals surface area contributed by atoms with Gasteiger partial charge in [0.25, 0.3) is 5.91 Å². The second-order valence-corrected chi connectivity index (χ2v) is 5.35. The van der Waals surface area contributed by atoms with Crippen molar-refractivity contribution in [3.05, 3.63) is 23.0 Å². The zero-order chi connectivity index (χ0) is 13.9. The van der Waals surface area contributed by atoms with E-state index in [9.17, 15) is 4.79 Å². The van der Waals surface area contributed by atoms with Crippen molar-refractivity contribution >= 4 is 18.3 Å². The molecule has 1 fully saturated rings. The average Bonchev–Trinajstić information content (AvgIpc) is 2.87. The van der Waals surface area contributed by atoms with Crippen LogP contribution in [-0.2, 0) is 6.42 Å². The topological polar surface area (TPSA) is 80.9 Å². The molecule has 20 heavy (non-hydrogen) atoms. The number of amides is 1. The highest BCUT2D eigenvalue weighted by Gasteiger charge is 2.34. The molecule has 112 valence electrons. The predicted octanol–water partition coefficient (Wildman–Crippen LogP) is 1.77. The van der Waals surface area contributed by atoms with Crippen molar-refractivity contribution < 1.29 is 4.79 Å². The van der Waals surface area contributed by atoms with Crippen molar-refractivity contribution in [1.82, 2.24) is 15.5 Å². The Morgan fingerprint density at radius 3 is 2.60 bits per heavy atom. The van der Waals surface area contributed by atoms with Gasteiger partial charge in [0.2, 0.25) is 0 Å². The largest absolute Gasteiger partial charge is 0.345 e. The second-order valence-electron chi connectivity index (χ2n) is 5.35. The molecule has 1 saturated carbocycles. The van der Waals surface area contributed by atoms with E-state index in [2.05, 4.69) is 15.5 Å². The van der Waals surface area contributed by atoms with Gasteiger partial charge >= 0.3 is 0 Å². The molecule has 1 aliphatic rings. The van der Waals surface area contributed by atoms with Gasteiger partial charge in [-0.2, -0.15) is 10.2 Å². The van der Waals surface area contributed by atoms with E-state index >= 15 is 0 Å². The summed E-state index contributed by atoms with van der Waals surface area (Å²) in [4.78, 5) is 12.5. The van der Waals surface area contributed by atoms with Crippen molar-refractivity contribution in [2.75, 3.05) is 6.54 Å². The first-order valence-electron chi connectivity index (χ1n) is 6.96. The van der Waals surface area contributed by atoms with Crippen LogP contribution in [0.2, 0.25) is 0 Å². The zero-order valence-electron chi connectivity index (χ0n) is 12.1. The van der Waals surface area contributed by atoms with Gasteiger partial charge in [-0.3, -0.25) is 4.79 Å². The second kappa shape index (κ2) is 6.99. The minimum atomic E-state index is -0.223. The molecule has 0 saturated heterocycles. The lowest BCUT2D eigenvalue weighted by atomic mass is 9.97. The Morgan fingerprint density at radius 1 is 1.40 bits per heavy atom. The van der Waals surface area contributed by atoms with Gasteiger partial charge in [0.15, 0.2) is 0 Å². The number of carbonyl (C=O) groups is 1. The lowest BCUT2D eigenvalue weighted by Gasteiger charge is -2.29. The number of hydrogen-bond acceptors (Lipinski definition) is 4. The third kappa shape index (κ3) is 3.46. The SMILES string of the molecule is CCc1nnc(C)cc1C(=O)NC1(CN)CCCC1.Cl. The summed E-state index contributed by atoms with van der Waals surface area (Å²) >= 11 is 0. The van der Waals surface area contributed by atoms with E-state index in [0.717, 1.165) is 37.1 Å². The molecule has 6 heteroatoms. The highest BCUT2D eigenvalue weighted by molar-refractivity contribution is 5.95. The molecule has 2 rings (SSSR count). The summed E-state index contributed by atoms with van der Waals surface area (Å²) in [6, 6.07) is 1.81. The summed E-state index contributed by atoms with van der Waals surface area (Å²) < 4.78 is 0. The summed E-state index contributed by atoms with van der Waals surface area (Å²) in [6.07, 6.45) is 4.89. The molecule has 3 N–H and O–H groups in total. The summed E-state index contributed by atoms with van der Waals surface area (Å²) in [7, 11) is 0. The molecule has 5 nitrogen and oxygen atoms in total. The first-order chi connectivity index (χ1) is 9.10. The third-order valence-corrected chi connectivity index (χ3v) is 3.90. The Bertz CT molecular complexity index is 472. The van der Waals surface area contributed by atoms with E-state index in [1.54, 1.807) is 6.07 Å². The Balaban J connectivity index is 0.00000200. The fourth-order valence-corrected chi connectivity index (χ4v) is 2.71. The highest BCUT2D eigenvalue weighted by Crippen LogP contribution is 2.29. The van der Waals surface area contributed by atoms with Crippen LogP contribution in [-0.4, -0.2) is 28.2 Å². The van der Waals surface area contributed by atoms with Crippen LogP contribution in [0.15, 0.2) is 6.07 Å². The van der Waals surface area contributed by atoms with Crippen molar-refractivity contribution in [1.29, 1.82) is 0 Å². The third-order valence-electron chi connectivity index (χ3n) is 3.90. The van der Waals surface area contributed by atoms with Crippen LogP contribution in [0, 0.1) is 6.92 Å². The van der Waals surface area contributed by atoms with E-state index in [1.807, 2.05) is 13.8 Å². The zero-order valence-corrected chi connectivity index (χ0v) is 12.9. The van der Waals surface area contributed by atoms with Crippen molar-refractivity contribution in [3.8, 4) is 0 Å². The number of halogens is 1. The molecule has 0 unspecified atom stereocenters. The van der Waals surface area contributed by atoms with E-state index < -0.39 is 0 Å². The maximum atomic E-state index is 12.5. The Labute approximate surface area is 126 Å². The molecular weight excluding hydrogens is 276 g/mol. The van der Waals surface area contributed by atoms with Crippen LogP contribution in [0.25, 0.3) is 0 Å². The lowest BCUT2D eigenvalue weighted by Crippen LogP contribution is -2.51. The first-order valence-corrected chi connectivity index (χ1v) is 6.96. The summed E-state index contributed by atoms with van der Waals surface area (Å²) in [5, 5.41) is 11.2. The molecule has 0 spiro atoms. The minimum Gasteiger partial charge on any atom is -0.345 e. The van der Waals surface area contributed by atoms with Crippen molar-refractivity contribution in [2.24, 2.45) is 5.73 Å². The van der Waals surface area contributed by atoms with Gasteiger partial charge < -0.3 is 11.1 Å². The number of rotatable bonds is 4. The molecule has 1 aromatic rings. The number of nitrogens with one attached hydrogen (secondary N) is 1. The molecule has 0 radical (unpaired) electrons. The van der Waals surface area contributed by atoms with Gasteiger partial charge in [-0.05, 0) is 32.3 Å². The fourth-order valence-electron chi connectivity index (χ4n) is 2.71. The monoisotopic (exact) mass is 298 g/mol. The van der Waals surface area contributed by atoms with Crippen LogP contribution in [0.3, 0.4) is 0 Å². The van der Waals surface area contributed by atoms with Crippen molar-refractivity contribution in [2.45, 2.75) is 51.5 Å². The van der Waals surface area contributed by atoms with Crippen LogP contribution >= 0.6 is 12.4 Å². The molecule has 0 bridgehead atoms. The smallest absolute Gasteiger partial charge is 0.253 e. The number of aromatic nitrogens is 2. The first kappa shape index (κ1) is 16.9. The number of nitrogens with zero attached hydrogens (tertiary/aromatic N) is 2. The molecule has 1 heterocycles. The molecule has 0 aliphatic heterocycles. The van der Waals surface area contributed by atoms with Crippen LogP contribution in [0.1, 0.15) is 54.4 Å². The van der Waals surface area contributed by atoms with E-state index in [4.69, 9.17) is 5.73 Å². The van der Waals surface area contributed by atoms with Crippen LogP contribution in [0.4, 0.5) is 0 Å². The molecule has 0 aromatic carbocycles. The minimum absolute atomic E-state index is 0. The number of nitrogens with two attached hydrogens (primary N) is 1. The maximum absolute atomic E-state index is 12.5. The fraction of sp³-hybridized carbons (Fsp3) is 0.643. The van der Waals surface area contributed by atoms with Gasteiger partial charge in [0.05, 0.1) is 22.5 Å². The Kier molecular flexibility index (Phi) is 5.89. The van der Waals surface area contributed by atoms with E-state index in [0.29, 0.717) is 18.5 Å². The number of carbonyl (C=O) groups excluding carboxylic acids is 1. The van der Waals surface area contributed by atoms with Gasteiger partial charge in [-0.15, -0.1) is 12.4 Å². The number of aryl methyl sites for hydroxylation is 2. The van der Waals surface area contributed by atoms with Gasteiger partial charge in [-0.1, -0.05) is 19.8 Å². The summed E-state index contributed by atoms with van der Waals surface area (Å²) in [5.41, 5.74) is 7.77. The standard InChI is InChI=1S/C14H22N4O.ClH/c1-3-12-11(8-10(2)17-18-12)13(19)16-14(9-15)6-4-5-7-14;/h8H,3-7,9,15H2,1-2H3,(H,16,19);1H. The Morgan fingerprint density at radius 2 is 2.05 bits per heavy atom. The summed E-state index contributed by atoms with van der Waals surface area (Å²) in [6.45, 7) is 4.32. The Hall–Kier alpha value is -1.20. The maximum Gasteiger partial charge on any atom is 0.253 e. The quantitative estimate of drug-likeness (QED) is 0.888. The molecule has 0 atom stereocenters. The van der Waals surface area contributed by atoms with E-state index in [-0.39, 0.29) is 23.9 Å². The predicted molar refractivity (Wildman–Crippen MR) is 81.1 cm³/mol. The number of hydrogen-bond donors (Lipinski definition) is 2. The van der Waals surface area contributed by atoms with Gasteiger partial charge in [0, 0.05) is 6.54 Å². The molecule has 1 aromatic heterocycles. The van der Waals surface area contributed by atoms with E-state index in [1.165, 1.54) is 0 Å². The lowest BCUT2D eigenvalue weighted by molar-refractivity contribution is 0.0901. The van der Waals surface area contributed by atoms with Crippen LogP contribution in [0.5, 0.6) is 0 Å². The average molecular weight is 299 g/mol. The normalized spacial score (nSPS) is 16.6. The molecular formula is C14H23ClN4O. The molecule has 1 aliphatic carbocycles. The van der Waals surface area contributed by atoms with Crippen LogP contribution < -0.4 is 11.1 Å².